The lowest BCUT2D eigenvalue weighted by Gasteiger charge is -2.07. The van der Waals surface area contributed by atoms with Crippen LogP contribution < -0.4 is 4.74 Å². The Morgan fingerprint density at radius 2 is 2.00 bits per heavy atom. The van der Waals surface area contributed by atoms with Crippen LogP contribution in [0.3, 0.4) is 0 Å². The highest BCUT2D eigenvalue weighted by Gasteiger charge is 2.16. The predicted molar refractivity (Wildman–Crippen MR) is 69.6 cm³/mol. The van der Waals surface area contributed by atoms with Gasteiger partial charge in [0.15, 0.2) is 5.82 Å². The fourth-order valence-electron chi connectivity index (χ4n) is 1.42. The summed E-state index contributed by atoms with van der Waals surface area (Å²) >= 11 is 3.30. The highest BCUT2D eigenvalue weighted by molar-refractivity contribution is 9.10. The van der Waals surface area contributed by atoms with E-state index < -0.39 is 17.3 Å². The van der Waals surface area contributed by atoms with E-state index in [1.807, 2.05) is 24.3 Å². The van der Waals surface area contributed by atoms with Gasteiger partial charge in [-0.2, -0.15) is 0 Å². The number of pyridine rings is 1. The number of ether oxygens (including phenoxy) is 1. The van der Waals surface area contributed by atoms with E-state index in [-0.39, 0.29) is 12.5 Å². The lowest BCUT2D eigenvalue weighted by molar-refractivity contribution is 0.0690. The minimum Gasteiger partial charge on any atom is -0.478 e. The highest BCUT2D eigenvalue weighted by atomic mass is 79.9. The summed E-state index contributed by atoms with van der Waals surface area (Å²) in [6.07, 6.45) is 1.20. The van der Waals surface area contributed by atoms with Crippen LogP contribution in [0.4, 0.5) is 4.39 Å². The molecule has 0 aliphatic rings. The molecule has 0 fully saturated rings. The Labute approximate surface area is 117 Å². The first-order chi connectivity index (χ1) is 9.08. The van der Waals surface area contributed by atoms with E-state index in [0.29, 0.717) is 0 Å². The molecule has 1 aromatic heterocycles. The molecule has 0 radical (unpaired) electrons. The number of aromatic nitrogens is 1. The van der Waals surface area contributed by atoms with Crippen molar-refractivity contribution < 1.29 is 19.0 Å². The maximum absolute atomic E-state index is 13.7. The zero-order chi connectivity index (χ0) is 13.8. The van der Waals surface area contributed by atoms with Crippen LogP contribution in [-0.2, 0) is 6.61 Å². The maximum atomic E-state index is 13.7. The number of carbonyl (C=O) groups is 1. The molecular formula is C13H9BrFNO3. The van der Waals surface area contributed by atoms with Gasteiger partial charge in [-0.05, 0) is 23.8 Å². The second-order valence-corrected chi connectivity index (χ2v) is 4.61. The van der Waals surface area contributed by atoms with Crippen molar-refractivity contribution in [1.82, 2.24) is 4.98 Å². The summed E-state index contributed by atoms with van der Waals surface area (Å²) in [6, 6.07) is 8.36. The monoisotopic (exact) mass is 325 g/mol. The standard InChI is InChI=1S/C13H9BrFNO3/c14-9-3-1-8(2-4-9)7-19-12-11(15)10(13(17)18)5-6-16-12/h1-6H,7H2,(H,17,18). The number of carboxylic acids is 1. The van der Waals surface area contributed by atoms with Gasteiger partial charge in [0.1, 0.15) is 12.2 Å². The van der Waals surface area contributed by atoms with Crippen LogP contribution >= 0.6 is 15.9 Å². The van der Waals surface area contributed by atoms with Crippen LogP contribution in [0, 0.1) is 5.82 Å². The first-order valence-electron chi connectivity index (χ1n) is 5.33. The minimum atomic E-state index is -1.35. The molecule has 0 aliphatic heterocycles. The highest BCUT2D eigenvalue weighted by Crippen LogP contribution is 2.19. The largest absolute Gasteiger partial charge is 0.478 e. The maximum Gasteiger partial charge on any atom is 0.338 e. The van der Waals surface area contributed by atoms with Crippen molar-refractivity contribution in [2.45, 2.75) is 6.61 Å². The number of aromatic carboxylic acids is 1. The lowest BCUT2D eigenvalue weighted by atomic mass is 10.2. The zero-order valence-electron chi connectivity index (χ0n) is 9.64. The Hall–Kier alpha value is -1.95. The van der Waals surface area contributed by atoms with E-state index in [9.17, 15) is 9.18 Å². The van der Waals surface area contributed by atoms with Crippen LogP contribution in [0.25, 0.3) is 0 Å². The summed E-state index contributed by atoms with van der Waals surface area (Å²) in [5.74, 6) is -2.64. The van der Waals surface area contributed by atoms with Crippen molar-refractivity contribution in [3.8, 4) is 5.88 Å². The predicted octanol–water partition coefficient (Wildman–Crippen LogP) is 3.26. The quantitative estimate of drug-likeness (QED) is 0.937. The van der Waals surface area contributed by atoms with Crippen molar-refractivity contribution in [2.75, 3.05) is 0 Å². The Bertz CT molecular complexity index is 601. The van der Waals surface area contributed by atoms with Crippen molar-refractivity contribution >= 4 is 21.9 Å². The first kappa shape index (κ1) is 13.5. The second kappa shape index (κ2) is 5.79. The van der Waals surface area contributed by atoms with Crippen molar-refractivity contribution in [2.24, 2.45) is 0 Å². The number of hydrogen-bond acceptors (Lipinski definition) is 3. The summed E-state index contributed by atoms with van der Waals surface area (Å²) in [5.41, 5.74) is 0.367. The van der Waals surface area contributed by atoms with Gasteiger partial charge in [0.25, 0.3) is 5.88 Å². The minimum absolute atomic E-state index is 0.111. The molecule has 0 amide bonds. The zero-order valence-corrected chi connectivity index (χ0v) is 11.2. The van der Waals surface area contributed by atoms with Gasteiger partial charge in [0.05, 0.1) is 0 Å². The SMILES string of the molecule is O=C(O)c1ccnc(OCc2ccc(Br)cc2)c1F. The molecule has 1 heterocycles. The van der Waals surface area contributed by atoms with Crippen LogP contribution in [0.2, 0.25) is 0 Å². The van der Waals surface area contributed by atoms with Crippen molar-refractivity contribution in [3.63, 3.8) is 0 Å². The van der Waals surface area contributed by atoms with Crippen molar-refractivity contribution in [3.05, 3.63) is 57.9 Å². The van der Waals surface area contributed by atoms with E-state index in [2.05, 4.69) is 20.9 Å². The number of nitrogens with zero attached hydrogens (tertiary/aromatic N) is 1. The van der Waals surface area contributed by atoms with E-state index in [4.69, 9.17) is 9.84 Å². The van der Waals surface area contributed by atoms with Gasteiger partial charge in [-0.3, -0.25) is 0 Å². The van der Waals surface area contributed by atoms with Gasteiger partial charge in [0.2, 0.25) is 0 Å². The number of hydrogen-bond donors (Lipinski definition) is 1. The molecule has 1 aromatic carbocycles. The first-order valence-corrected chi connectivity index (χ1v) is 6.12. The smallest absolute Gasteiger partial charge is 0.338 e. The molecule has 19 heavy (non-hydrogen) atoms. The molecule has 4 nitrogen and oxygen atoms in total. The molecule has 2 aromatic rings. The molecule has 98 valence electrons. The average Bonchev–Trinajstić information content (AvgIpc) is 2.39. The second-order valence-electron chi connectivity index (χ2n) is 3.70. The number of benzene rings is 1. The summed E-state index contributed by atoms with van der Waals surface area (Å²) in [5, 5.41) is 8.78. The molecule has 0 aliphatic carbocycles. The average molecular weight is 326 g/mol. The molecule has 0 atom stereocenters. The number of rotatable bonds is 4. The van der Waals surface area contributed by atoms with E-state index in [1.165, 1.54) is 6.20 Å². The van der Waals surface area contributed by atoms with Gasteiger partial charge >= 0.3 is 5.97 Å². The van der Waals surface area contributed by atoms with Crippen LogP contribution in [0.5, 0.6) is 5.88 Å². The molecular weight excluding hydrogens is 317 g/mol. The van der Waals surface area contributed by atoms with E-state index in [1.54, 1.807) is 0 Å². The summed E-state index contributed by atoms with van der Waals surface area (Å²) in [4.78, 5) is 14.4. The van der Waals surface area contributed by atoms with E-state index in [0.717, 1.165) is 16.1 Å². The number of carboxylic acid groups (broad SMARTS) is 1. The van der Waals surface area contributed by atoms with Gasteiger partial charge in [-0.25, -0.2) is 14.2 Å². The summed E-state index contributed by atoms with van der Waals surface area (Å²) < 4.78 is 19.8. The van der Waals surface area contributed by atoms with E-state index >= 15 is 0 Å². The Morgan fingerprint density at radius 3 is 2.63 bits per heavy atom. The van der Waals surface area contributed by atoms with Crippen molar-refractivity contribution in [1.29, 1.82) is 0 Å². The molecule has 0 saturated heterocycles. The van der Waals surface area contributed by atoms with Gasteiger partial charge in [0, 0.05) is 10.7 Å². The third-order valence-corrected chi connectivity index (χ3v) is 2.91. The summed E-state index contributed by atoms with van der Waals surface area (Å²) in [6.45, 7) is 0.111. The van der Waals surface area contributed by atoms with Crippen LogP contribution in [0.1, 0.15) is 15.9 Å². The normalized spacial score (nSPS) is 10.2. The Kier molecular flexibility index (Phi) is 4.11. The lowest BCUT2D eigenvalue weighted by Crippen LogP contribution is -2.05. The fraction of sp³-hybridized carbons (Fsp3) is 0.0769. The summed E-state index contributed by atoms with van der Waals surface area (Å²) in [7, 11) is 0. The third-order valence-electron chi connectivity index (χ3n) is 2.38. The molecule has 6 heteroatoms. The topological polar surface area (TPSA) is 59.4 Å². The molecule has 0 bridgehead atoms. The van der Waals surface area contributed by atoms with Gasteiger partial charge in [-0.15, -0.1) is 0 Å². The molecule has 0 spiro atoms. The molecule has 0 saturated carbocycles. The molecule has 2 rings (SSSR count). The Balaban J connectivity index is 2.13. The molecule has 1 N–H and O–H groups in total. The third kappa shape index (κ3) is 3.29. The van der Waals surface area contributed by atoms with Gasteiger partial charge < -0.3 is 9.84 Å². The Morgan fingerprint density at radius 1 is 1.32 bits per heavy atom. The van der Waals surface area contributed by atoms with Gasteiger partial charge in [-0.1, -0.05) is 28.1 Å². The fourth-order valence-corrected chi connectivity index (χ4v) is 1.69. The van der Waals surface area contributed by atoms with Crippen LogP contribution in [0.15, 0.2) is 41.0 Å². The molecule has 0 unspecified atom stereocenters. The number of halogens is 2. The van der Waals surface area contributed by atoms with Crippen LogP contribution in [-0.4, -0.2) is 16.1 Å².